The Bertz CT molecular complexity index is 1180. The van der Waals surface area contributed by atoms with Crippen molar-refractivity contribution >= 4 is 34.1 Å². The monoisotopic (exact) mass is 418 g/mol. The highest BCUT2D eigenvalue weighted by Crippen LogP contribution is 2.40. The third-order valence-corrected chi connectivity index (χ3v) is 6.33. The SMILES string of the molecule is CC(Sc1nnc(C2CC2)n1Cc1ccco1)C(=O)Nc1ccc2ccccc2c1. The minimum absolute atomic E-state index is 0.0594. The Morgan fingerprint density at radius 1 is 1.17 bits per heavy atom. The van der Waals surface area contributed by atoms with Gasteiger partial charge in [0.2, 0.25) is 5.91 Å². The maximum atomic E-state index is 12.8. The fraction of sp³-hybridized carbons (Fsp3) is 0.261. The molecular weight excluding hydrogens is 396 g/mol. The number of hydrogen-bond donors (Lipinski definition) is 1. The predicted molar refractivity (Wildman–Crippen MR) is 118 cm³/mol. The number of hydrogen-bond acceptors (Lipinski definition) is 5. The number of fused-ring (bicyclic) bond motifs is 1. The number of nitrogens with zero attached hydrogens (tertiary/aromatic N) is 3. The summed E-state index contributed by atoms with van der Waals surface area (Å²) in [5, 5.41) is 14.5. The third-order valence-electron chi connectivity index (χ3n) is 5.25. The van der Waals surface area contributed by atoms with Crippen molar-refractivity contribution in [2.24, 2.45) is 0 Å². The van der Waals surface area contributed by atoms with Crippen molar-refractivity contribution in [3.63, 3.8) is 0 Å². The Hall–Kier alpha value is -3.06. The van der Waals surface area contributed by atoms with E-state index in [1.165, 1.54) is 11.8 Å². The number of furan rings is 1. The van der Waals surface area contributed by atoms with E-state index in [1.54, 1.807) is 6.26 Å². The lowest BCUT2D eigenvalue weighted by Crippen LogP contribution is -2.23. The average Bonchev–Trinajstić information content (AvgIpc) is 3.33. The first-order valence-electron chi connectivity index (χ1n) is 10.1. The quantitative estimate of drug-likeness (QED) is 0.424. The van der Waals surface area contributed by atoms with Crippen LogP contribution in [0.4, 0.5) is 5.69 Å². The Balaban J connectivity index is 1.31. The number of rotatable bonds is 7. The number of aromatic nitrogens is 3. The molecule has 1 fully saturated rings. The Morgan fingerprint density at radius 2 is 2.00 bits per heavy atom. The molecule has 2 aromatic carbocycles. The highest BCUT2D eigenvalue weighted by molar-refractivity contribution is 8.00. The molecule has 0 radical (unpaired) electrons. The average molecular weight is 419 g/mol. The molecular formula is C23H22N4O2S. The van der Waals surface area contributed by atoms with Gasteiger partial charge < -0.3 is 9.73 Å². The van der Waals surface area contributed by atoms with Crippen molar-refractivity contribution in [3.8, 4) is 0 Å². The summed E-state index contributed by atoms with van der Waals surface area (Å²) in [7, 11) is 0. The second-order valence-corrected chi connectivity index (χ2v) is 8.90. The van der Waals surface area contributed by atoms with E-state index < -0.39 is 0 Å². The molecule has 2 heterocycles. The molecule has 1 atom stereocenters. The molecule has 1 amide bonds. The van der Waals surface area contributed by atoms with Crippen LogP contribution in [0, 0.1) is 0 Å². The molecule has 0 saturated heterocycles. The van der Waals surface area contributed by atoms with Gasteiger partial charge in [-0.2, -0.15) is 0 Å². The van der Waals surface area contributed by atoms with E-state index >= 15 is 0 Å². The molecule has 5 rings (SSSR count). The highest BCUT2D eigenvalue weighted by atomic mass is 32.2. The Kier molecular flexibility index (Phi) is 5.04. The predicted octanol–water partition coefficient (Wildman–Crippen LogP) is 5.07. The number of amides is 1. The molecule has 152 valence electrons. The number of anilines is 1. The molecule has 1 aliphatic carbocycles. The minimum atomic E-state index is -0.317. The minimum Gasteiger partial charge on any atom is -0.467 e. The highest BCUT2D eigenvalue weighted by Gasteiger charge is 2.31. The van der Waals surface area contributed by atoms with Crippen LogP contribution in [0.5, 0.6) is 0 Å². The first-order chi connectivity index (χ1) is 14.7. The van der Waals surface area contributed by atoms with Crippen LogP contribution < -0.4 is 5.32 Å². The maximum absolute atomic E-state index is 12.8. The maximum Gasteiger partial charge on any atom is 0.237 e. The molecule has 1 saturated carbocycles. The van der Waals surface area contributed by atoms with E-state index in [4.69, 9.17) is 4.42 Å². The van der Waals surface area contributed by atoms with Gasteiger partial charge >= 0.3 is 0 Å². The summed E-state index contributed by atoms with van der Waals surface area (Å²) >= 11 is 1.42. The van der Waals surface area contributed by atoms with Crippen LogP contribution in [-0.4, -0.2) is 25.9 Å². The molecule has 2 aromatic heterocycles. The van der Waals surface area contributed by atoms with Gasteiger partial charge in [0.1, 0.15) is 11.6 Å². The zero-order chi connectivity index (χ0) is 20.5. The van der Waals surface area contributed by atoms with Crippen LogP contribution in [0.15, 0.2) is 70.4 Å². The molecule has 1 unspecified atom stereocenters. The molecule has 1 N–H and O–H groups in total. The van der Waals surface area contributed by atoms with Gasteiger partial charge in [-0.3, -0.25) is 9.36 Å². The fourth-order valence-electron chi connectivity index (χ4n) is 3.46. The van der Waals surface area contributed by atoms with Crippen molar-refractivity contribution < 1.29 is 9.21 Å². The first kappa shape index (κ1) is 18.9. The number of nitrogens with one attached hydrogen (secondary N) is 1. The van der Waals surface area contributed by atoms with E-state index in [1.807, 2.05) is 55.5 Å². The molecule has 1 aliphatic rings. The van der Waals surface area contributed by atoms with Crippen molar-refractivity contribution in [2.45, 2.75) is 42.6 Å². The molecule has 30 heavy (non-hydrogen) atoms. The lowest BCUT2D eigenvalue weighted by atomic mass is 10.1. The fourth-order valence-corrected chi connectivity index (χ4v) is 4.32. The standard InChI is InChI=1S/C23H22N4O2S/c1-15(22(28)24-19-11-10-16-5-2-3-6-18(16)13-19)30-23-26-25-21(17-8-9-17)27(23)14-20-7-4-12-29-20/h2-7,10-13,15,17H,8-9,14H2,1H3,(H,24,28). The van der Waals surface area contributed by atoms with Crippen LogP contribution in [-0.2, 0) is 11.3 Å². The van der Waals surface area contributed by atoms with E-state index in [-0.39, 0.29) is 11.2 Å². The van der Waals surface area contributed by atoms with Crippen LogP contribution in [0.2, 0.25) is 0 Å². The Morgan fingerprint density at radius 3 is 2.77 bits per heavy atom. The molecule has 4 aromatic rings. The molecule has 0 bridgehead atoms. The number of carbonyl (C=O) groups excluding carboxylic acids is 1. The molecule has 7 heteroatoms. The third kappa shape index (κ3) is 3.98. The van der Waals surface area contributed by atoms with Gasteiger partial charge in [-0.25, -0.2) is 0 Å². The number of carbonyl (C=O) groups is 1. The Labute approximate surface area is 178 Å². The van der Waals surface area contributed by atoms with Crippen molar-refractivity contribution in [1.82, 2.24) is 14.8 Å². The van der Waals surface area contributed by atoms with Crippen molar-refractivity contribution in [2.75, 3.05) is 5.32 Å². The molecule has 6 nitrogen and oxygen atoms in total. The largest absolute Gasteiger partial charge is 0.467 e. The smallest absolute Gasteiger partial charge is 0.237 e. The van der Waals surface area contributed by atoms with Gasteiger partial charge in [0.15, 0.2) is 5.16 Å². The van der Waals surface area contributed by atoms with Crippen LogP contribution in [0.25, 0.3) is 10.8 Å². The summed E-state index contributed by atoms with van der Waals surface area (Å²) in [6.07, 6.45) is 3.95. The van der Waals surface area contributed by atoms with Crippen LogP contribution >= 0.6 is 11.8 Å². The van der Waals surface area contributed by atoms with Crippen LogP contribution in [0.3, 0.4) is 0 Å². The second-order valence-electron chi connectivity index (χ2n) is 7.59. The van der Waals surface area contributed by atoms with E-state index in [2.05, 4.69) is 26.1 Å². The topological polar surface area (TPSA) is 73.0 Å². The summed E-state index contributed by atoms with van der Waals surface area (Å²) in [5.41, 5.74) is 0.793. The van der Waals surface area contributed by atoms with Gasteiger partial charge in [-0.1, -0.05) is 42.1 Å². The molecule has 0 spiro atoms. The normalized spacial score (nSPS) is 14.7. The van der Waals surface area contributed by atoms with Gasteiger partial charge in [0.25, 0.3) is 0 Å². The van der Waals surface area contributed by atoms with Gasteiger partial charge in [-0.05, 0) is 54.8 Å². The summed E-state index contributed by atoms with van der Waals surface area (Å²) in [6, 6.07) is 17.9. The van der Waals surface area contributed by atoms with E-state index in [0.29, 0.717) is 12.5 Å². The van der Waals surface area contributed by atoms with Crippen LogP contribution in [0.1, 0.15) is 37.3 Å². The summed E-state index contributed by atoms with van der Waals surface area (Å²) in [6.45, 7) is 2.47. The van der Waals surface area contributed by atoms with E-state index in [0.717, 1.165) is 46.0 Å². The number of benzene rings is 2. The summed E-state index contributed by atoms with van der Waals surface area (Å²) in [4.78, 5) is 12.8. The lowest BCUT2D eigenvalue weighted by Gasteiger charge is -2.13. The zero-order valence-corrected chi connectivity index (χ0v) is 17.4. The second kappa shape index (κ2) is 7.99. The first-order valence-corrected chi connectivity index (χ1v) is 11.0. The van der Waals surface area contributed by atoms with Gasteiger partial charge in [-0.15, -0.1) is 10.2 Å². The number of thioether (sulfide) groups is 1. The zero-order valence-electron chi connectivity index (χ0n) is 16.6. The molecule has 0 aliphatic heterocycles. The summed E-state index contributed by atoms with van der Waals surface area (Å²) in [5.74, 6) is 2.24. The van der Waals surface area contributed by atoms with Crippen molar-refractivity contribution in [1.29, 1.82) is 0 Å². The summed E-state index contributed by atoms with van der Waals surface area (Å²) < 4.78 is 7.60. The van der Waals surface area contributed by atoms with Crippen molar-refractivity contribution in [3.05, 3.63) is 72.4 Å². The van der Waals surface area contributed by atoms with Gasteiger partial charge in [0.05, 0.1) is 18.1 Å². The van der Waals surface area contributed by atoms with E-state index in [9.17, 15) is 4.79 Å². The lowest BCUT2D eigenvalue weighted by molar-refractivity contribution is -0.115. The van der Waals surface area contributed by atoms with Gasteiger partial charge in [0, 0.05) is 11.6 Å².